The molecule has 0 atom stereocenters. The van der Waals surface area contributed by atoms with Gasteiger partial charge in [0, 0.05) is 19.3 Å². The Labute approximate surface area is 186 Å². The molecule has 0 saturated heterocycles. The molecule has 1 heterocycles. The molecule has 0 aliphatic heterocycles. The number of carbonyl (C=O) groups is 2. The van der Waals surface area contributed by atoms with Gasteiger partial charge in [-0.15, -0.1) is 0 Å². The van der Waals surface area contributed by atoms with Crippen LogP contribution in [0.4, 0.5) is 4.39 Å². The van der Waals surface area contributed by atoms with Crippen molar-refractivity contribution in [1.82, 2.24) is 9.97 Å². The molecule has 3 aromatic rings. The average molecular weight is 436 g/mol. The van der Waals surface area contributed by atoms with E-state index in [1.807, 2.05) is 30.3 Å². The first-order chi connectivity index (χ1) is 15.4. The van der Waals surface area contributed by atoms with Crippen molar-refractivity contribution in [1.29, 1.82) is 0 Å². The van der Waals surface area contributed by atoms with Crippen LogP contribution in [0.15, 0.2) is 48.5 Å². The molecule has 7 heteroatoms. The number of nitrogens with zero attached hydrogens (tertiary/aromatic N) is 2. The van der Waals surface area contributed by atoms with E-state index in [0.717, 1.165) is 16.7 Å². The summed E-state index contributed by atoms with van der Waals surface area (Å²) < 4.78 is 18.3. The third-order valence-electron chi connectivity index (χ3n) is 4.93. The van der Waals surface area contributed by atoms with E-state index in [0.29, 0.717) is 31.0 Å². The quantitative estimate of drug-likeness (QED) is 0.383. The number of aromatic hydroxyl groups is 1. The van der Waals surface area contributed by atoms with Gasteiger partial charge in [-0.1, -0.05) is 36.4 Å². The molecule has 3 rings (SSSR count). The molecule has 0 saturated carbocycles. The second kappa shape index (κ2) is 10.6. The number of hydrogen-bond acceptors (Lipinski definition) is 6. The Morgan fingerprint density at radius 2 is 1.78 bits per heavy atom. The highest BCUT2D eigenvalue weighted by molar-refractivity contribution is 5.97. The lowest BCUT2D eigenvalue weighted by atomic mass is 10.0. The number of aryl methyl sites for hydroxylation is 1. The third-order valence-corrected chi connectivity index (χ3v) is 4.93. The van der Waals surface area contributed by atoms with E-state index in [1.54, 1.807) is 19.9 Å². The summed E-state index contributed by atoms with van der Waals surface area (Å²) in [6.07, 6.45) is 0.893. The van der Waals surface area contributed by atoms with Crippen LogP contribution in [0.2, 0.25) is 0 Å². The smallest absolute Gasteiger partial charge is 0.305 e. The second-order valence-corrected chi connectivity index (χ2v) is 7.39. The molecule has 0 aliphatic rings. The number of rotatable bonds is 9. The predicted octanol–water partition coefficient (Wildman–Crippen LogP) is 4.80. The molecule has 0 bridgehead atoms. The van der Waals surface area contributed by atoms with Crippen molar-refractivity contribution >= 4 is 11.8 Å². The first-order valence-corrected chi connectivity index (χ1v) is 10.5. The van der Waals surface area contributed by atoms with E-state index in [2.05, 4.69) is 9.97 Å². The minimum Gasteiger partial charge on any atom is -0.504 e. The number of ketones is 1. The molecule has 0 spiro atoms. The molecule has 1 N–H and O–H groups in total. The zero-order chi connectivity index (χ0) is 23.1. The van der Waals surface area contributed by atoms with Crippen molar-refractivity contribution < 1.29 is 23.8 Å². The number of esters is 1. The van der Waals surface area contributed by atoms with E-state index in [-0.39, 0.29) is 41.9 Å². The fourth-order valence-corrected chi connectivity index (χ4v) is 3.31. The maximum absolute atomic E-state index is 13.5. The Balaban J connectivity index is 1.71. The third kappa shape index (κ3) is 5.97. The predicted molar refractivity (Wildman–Crippen MR) is 118 cm³/mol. The topological polar surface area (TPSA) is 89.4 Å². The maximum Gasteiger partial charge on any atom is 0.305 e. The molecule has 1 aromatic heterocycles. The first kappa shape index (κ1) is 23.1. The Kier molecular flexibility index (Phi) is 7.65. The van der Waals surface area contributed by atoms with Crippen LogP contribution in [-0.2, 0) is 16.0 Å². The summed E-state index contributed by atoms with van der Waals surface area (Å²) in [6.45, 7) is 3.63. The highest BCUT2D eigenvalue weighted by atomic mass is 19.1. The summed E-state index contributed by atoms with van der Waals surface area (Å²) >= 11 is 0. The minimum atomic E-state index is -0.356. The van der Waals surface area contributed by atoms with E-state index in [4.69, 9.17) is 4.74 Å². The van der Waals surface area contributed by atoms with Crippen molar-refractivity contribution in [3.63, 3.8) is 0 Å². The van der Waals surface area contributed by atoms with Crippen molar-refractivity contribution in [3.8, 4) is 16.9 Å². The Morgan fingerprint density at radius 1 is 1.03 bits per heavy atom. The van der Waals surface area contributed by atoms with Crippen LogP contribution in [0.1, 0.15) is 53.8 Å². The number of ether oxygens (including phenoxy) is 1. The van der Waals surface area contributed by atoms with Gasteiger partial charge in [0.15, 0.2) is 17.2 Å². The van der Waals surface area contributed by atoms with E-state index < -0.39 is 0 Å². The monoisotopic (exact) mass is 436 g/mol. The average Bonchev–Trinajstić information content (AvgIpc) is 2.76. The van der Waals surface area contributed by atoms with E-state index >= 15 is 0 Å². The second-order valence-electron chi connectivity index (χ2n) is 7.39. The summed E-state index contributed by atoms with van der Waals surface area (Å²) in [5, 5.41) is 10.3. The van der Waals surface area contributed by atoms with Crippen molar-refractivity contribution in [2.24, 2.45) is 0 Å². The van der Waals surface area contributed by atoms with Gasteiger partial charge in [0.05, 0.1) is 12.3 Å². The molecule has 0 unspecified atom stereocenters. The number of carbonyl (C=O) groups excluding carboxylic acids is 2. The fourth-order valence-electron chi connectivity index (χ4n) is 3.31. The molecular weight excluding hydrogens is 411 g/mol. The van der Waals surface area contributed by atoms with E-state index in [9.17, 15) is 19.1 Å². The highest BCUT2D eigenvalue weighted by Gasteiger charge is 2.18. The summed E-state index contributed by atoms with van der Waals surface area (Å²) in [6, 6.07) is 13.9. The SMILES string of the molecule is CCOC(=O)CCCC(=O)c1nc(Cc2ccc(-c3cccc(F)c3)cc2)nc(C)c1O. The van der Waals surface area contributed by atoms with Crippen molar-refractivity contribution in [2.45, 2.75) is 39.5 Å². The standard InChI is InChI=1S/C25H25FN2O4/c1-3-32-23(30)9-5-8-21(29)24-25(31)16(2)27-22(28-24)14-17-10-12-18(13-11-17)19-6-4-7-20(26)15-19/h4,6-7,10-13,15,31H,3,5,8-9,14H2,1-2H3. The molecule has 0 radical (unpaired) electrons. The molecule has 6 nitrogen and oxygen atoms in total. The van der Waals surface area contributed by atoms with Crippen molar-refractivity contribution in [2.75, 3.05) is 6.61 Å². The minimum absolute atomic E-state index is 0.0345. The van der Waals surface area contributed by atoms with Crippen LogP contribution >= 0.6 is 0 Å². The molecule has 0 amide bonds. The van der Waals surface area contributed by atoms with Gasteiger partial charge >= 0.3 is 5.97 Å². The fraction of sp³-hybridized carbons (Fsp3) is 0.280. The van der Waals surface area contributed by atoms with E-state index in [1.165, 1.54) is 12.1 Å². The van der Waals surface area contributed by atoms with Crippen LogP contribution in [0, 0.1) is 12.7 Å². The lowest BCUT2D eigenvalue weighted by Gasteiger charge is -2.09. The normalized spacial score (nSPS) is 10.7. The van der Waals surface area contributed by atoms with Crippen LogP contribution in [-0.4, -0.2) is 33.4 Å². The number of benzene rings is 2. The van der Waals surface area contributed by atoms with Gasteiger partial charge in [-0.3, -0.25) is 9.59 Å². The number of halogens is 1. The summed E-state index contributed by atoms with van der Waals surface area (Å²) in [7, 11) is 0. The van der Waals surface area contributed by atoms with Crippen molar-refractivity contribution in [3.05, 3.63) is 77.1 Å². The zero-order valence-corrected chi connectivity index (χ0v) is 18.1. The zero-order valence-electron chi connectivity index (χ0n) is 18.1. The van der Waals surface area contributed by atoms with Crippen LogP contribution in [0.25, 0.3) is 11.1 Å². The van der Waals surface area contributed by atoms with Gasteiger partial charge in [-0.05, 0) is 49.1 Å². The number of Topliss-reactive ketones (excluding diaryl/α,β-unsaturated/α-hetero) is 1. The van der Waals surface area contributed by atoms with Gasteiger partial charge in [0.2, 0.25) is 0 Å². The molecule has 2 aromatic carbocycles. The highest BCUT2D eigenvalue weighted by Crippen LogP contribution is 2.24. The van der Waals surface area contributed by atoms with Gasteiger partial charge in [0.1, 0.15) is 11.6 Å². The Bertz CT molecular complexity index is 1110. The molecular formula is C25H25FN2O4. The first-order valence-electron chi connectivity index (χ1n) is 10.5. The van der Waals surface area contributed by atoms with Gasteiger partial charge in [0.25, 0.3) is 0 Å². The maximum atomic E-state index is 13.5. The molecule has 32 heavy (non-hydrogen) atoms. The lowest BCUT2D eigenvalue weighted by Crippen LogP contribution is -2.10. The Morgan fingerprint density at radius 3 is 2.47 bits per heavy atom. The molecule has 0 aliphatic carbocycles. The van der Waals surface area contributed by atoms with Crippen LogP contribution in [0.3, 0.4) is 0 Å². The summed E-state index contributed by atoms with van der Waals surface area (Å²) in [4.78, 5) is 32.6. The Hall–Kier alpha value is -3.61. The lowest BCUT2D eigenvalue weighted by molar-refractivity contribution is -0.143. The van der Waals surface area contributed by atoms with Crippen LogP contribution in [0.5, 0.6) is 5.75 Å². The largest absolute Gasteiger partial charge is 0.504 e. The van der Waals surface area contributed by atoms with Gasteiger partial charge < -0.3 is 9.84 Å². The summed E-state index contributed by atoms with van der Waals surface area (Å²) in [5.41, 5.74) is 2.86. The van der Waals surface area contributed by atoms with Crippen LogP contribution < -0.4 is 0 Å². The summed E-state index contributed by atoms with van der Waals surface area (Å²) in [5.74, 6) is -0.825. The number of aromatic nitrogens is 2. The molecule has 166 valence electrons. The van der Waals surface area contributed by atoms with Gasteiger partial charge in [-0.2, -0.15) is 0 Å². The van der Waals surface area contributed by atoms with Gasteiger partial charge in [-0.25, -0.2) is 14.4 Å². The molecule has 0 fully saturated rings. The number of hydrogen-bond donors (Lipinski definition) is 1.